The number of hydrogen-bond donors (Lipinski definition) is 2. The van der Waals surface area contributed by atoms with Gasteiger partial charge in [-0.25, -0.2) is 18.6 Å². The SMILES string of the molecule is CN(C(=O)OC(C)(C)C)c1cc(Nc2cccn(C3CC(F)(F)C3)c2=O)nc2c(C(N)=O)cnn12. The van der Waals surface area contributed by atoms with Crippen LogP contribution in [0.2, 0.25) is 0 Å². The van der Waals surface area contributed by atoms with Crippen molar-refractivity contribution in [2.75, 3.05) is 17.3 Å². The Morgan fingerprint density at radius 2 is 2.00 bits per heavy atom. The first-order chi connectivity index (χ1) is 16.3. The number of halogens is 2. The fourth-order valence-electron chi connectivity index (χ4n) is 3.70. The number of alkyl halides is 2. The molecule has 1 fully saturated rings. The predicted octanol–water partition coefficient (Wildman–Crippen LogP) is 3.08. The van der Waals surface area contributed by atoms with Crippen molar-refractivity contribution < 1.29 is 23.1 Å². The van der Waals surface area contributed by atoms with Gasteiger partial charge in [-0.15, -0.1) is 0 Å². The lowest BCUT2D eigenvalue weighted by molar-refractivity contribution is -0.104. The summed E-state index contributed by atoms with van der Waals surface area (Å²) in [7, 11) is 1.45. The molecule has 186 valence electrons. The van der Waals surface area contributed by atoms with Gasteiger partial charge in [0.05, 0.1) is 6.20 Å². The summed E-state index contributed by atoms with van der Waals surface area (Å²) >= 11 is 0. The van der Waals surface area contributed by atoms with Gasteiger partial charge in [0.25, 0.3) is 17.4 Å². The van der Waals surface area contributed by atoms with Crippen molar-refractivity contribution in [2.24, 2.45) is 5.73 Å². The minimum atomic E-state index is -2.78. The molecule has 3 aromatic heterocycles. The third-order valence-corrected chi connectivity index (χ3v) is 5.43. The molecule has 1 saturated carbocycles. The molecule has 0 aliphatic heterocycles. The predicted molar refractivity (Wildman–Crippen MR) is 123 cm³/mol. The monoisotopic (exact) mass is 489 g/mol. The lowest BCUT2D eigenvalue weighted by Crippen LogP contribution is -2.41. The van der Waals surface area contributed by atoms with Crippen molar-refractivity contribution in [2.45, 2.75) is 51.2 Å². The number of aromatic nitrogens is 4. The van der Waals surface area contributed by atoms with Crippen LogP contribution in [0.15, 0.2) is 35.4 Å². The average molecular weight is 489 g/mol. The van der Waals surface area contributed by atoms with E-state index in [1.807, 2.05) is 0 Å². The zero-order valence-electron chi connectivity index (χ0n) is 19.6. The number of nitrogens with one attached hydrogen (secondary N) is 1. The van der Waals surface area contributed by atoms with E-state index in [9.17, 15) is 23.2 Å². The second kappa shape index (κ2) is 8.32. The lowest BCUT2D eigenvalue weighted by Gasteiger charge is -2.36. The third-order valence-electron chi connectivity index (χ3n) is 5.43. The maximum absolute atomic E-state index is 13.3. The summed E-state index contributed by atoms with van der Waals surface area (Å²) in [6.07, 6.45) is 1.15. The minimum Gasteiger partial charge on any atom is -0.443 e. The van der Waals surface area contributed by atoms with Crippen LogP contribution in [0.5, 0.6) is 0 Å². The number of carbonyl (C=O) groups excluding carboxylic acids is 2. The van der Waals surface area contributed by atoms with Gasteiger partial charge in [-0.2, -0.15) is 9.61 Å². The van der Waals surface area contributed by atoms with E-state index in [-0.39, 0.29) is 28.5 Å². The molecule has 11 nitrogen and oxygen atoms in total. The Balaban J connectivity index is 1.75. The topological polar surface area (TPSA) is 137 Å². The Morgan fingerprint density at radius 3 is 2.60 bits per heavy atom. The number of rotatable bonds is 5. The van der Waals surface area contributed by atoms with Gasteiger partial charge in [-0.3, -0.25) is 14.5 Å². The molecule has 2 amide bonds. The van der Waals surface area contributed by atoms with E-state index < -0.39 is 48.0 Å². The number of ether oxygens (including phenoxy) is 1. The highest BCUT2D eigenvalue weighted by Gasteiger charge is 2.46. The van der Waals surface area contributed by atoms with Crippen LogP contribution in [0, 0.1) is 0 Å². The third kappa shape index (κ3) is 4.79. The summed E-state index contributed by atoms with van der Waals surface area (Å²) < 4.78 is 34.6. The number of anilines is 3. The minimum absolute atomic E-state index is 0.00494. The standard InChI is InChI=1S/C22H25F2N7O4/c1-21(2,3)35-20(34)29(4)16-8-15(28-18-13(17(25)32)11-26-31(16)18)27-14-6-5-7-30(19(14)33)12-9-22(23,24)10-12/h5-8,11-12H,9-10H2,1-4H3,(H2,25,32)(H,27,28). The number of amides is 2. The van der Waals surface area contributed by atoms with E-state index in [1.54, 1.807) is 26.8 Å². The van der Waals surface area contributed by atoms with Gasteiger partial charge in [-0.05, 0) is 32.9 Å². The highest BCUT2D eigenvalue weighted by Crippen LogP contribution is 2.44. The molecule has 13 heteroatoms. The fourth-order valence-corrected chi connectivity index (χ4v) is 3.70. The van der Waals surface area contributed by atoms with Crippen LogP contribution >= 0.6 is 0 Å². The van der Waals surface area contributed by atoms with E-state index in [2.05, 4.69) is 15.4 Å². The maximum Gasteiger partial charge on any atom is 0.415 e. The quantitative estimate of drug-likeness (QED) is 0.562. The molecule has 1 aliphatic rings. The van der Waals surface area contributed by atoms with Gasteiger partial charge in [-0.1, -0.05) is 0 Å². The summed E-state index contributed by atoms with van der Waals surface area (Å²) in [6.45, 7) is 5.14. The smallest absolute Gasteiger partial charge is 0.415 e. The molecular weight excluding hydrogens is 464 g/mol. The van der Waals surface area contributed by atoms with Crippen molar-refractivity contribution in [1.82, 2.24) is 19.2 Å². The number of nitrogens with zero attached hydrogens (tertiary/aromatic N) is 5. The Kier molecular flexibility index (Phi) is 5.73. The molecule has 0 bridgehead atoms. The van der Waals surface area contributed by atoms with Crippen molar-refractivity contribution in [1.29, 1.82) is 0 Å². The largest absolute Gasteiger partial charge is 0.443 e. The van der Waals surface area contributed by atoms with Crippen LogP contribution < -0.4 is 21.5 Å². The van der Waals surface area contributed by atoms with Gasteiger partial charge in [0.1, 0.15) is 28.5 Å². The van der Waals surface area contributed by atoms with E-state index in [0.29, 0.717) is 0 Å². The molecule has 1 aliphatic carbocycles. The first kappa shape index (κ1) is 24.1. The van der Waals surface area contributed by atoms with Gasteiger partial charge >= 0.3 is 6.09 Å². The number of primary amides is 1. The molecule has 3 heterocycles. The van der Waals surface area contributed by atoms with Crippen LogP contribution in [0.25, 0.3) is 5.65 Å². The Hall–Kier alpha value is -4.03. The van der Waals surface area contributed by atoms with Gasteiger partial charge in [0.2, 0.25) is 0 Å². The van der Waals surface area contributed by atoms with Crippen molar-refractivity contribution in [3.05, 3.63) is 46.5 Å². The van der Waals surface area contributed by atoms with Crippen molar-refractivity contribution in [3.8, 4) is 0 Å². The van der Waals surface area contributed by atoms with Crippen molar-refractivity contribution in [3.63, 3.8) is 0 Å². The highest BCUT2D eigenvalue weighted by atomic mass is 19.3. The molecule has 0 unspecified atom stereocenters. The normalized spacial score (nSPS) is 15.5. The molecule has 3 N–H and O–H groups in total. The van der Waals surface area contributed by atoms with Gasteiger partial charge in [0, 0.05) is 38.2 Å². The van der Waals surface area contributed by atoms with Crippen LogP contribution in [-0.2, 0) is 4.74 Å². The maximum atomic E-state index is 13.3. The molecular formula is C22H25F2N7O4. The number of nitrogens with two attached hydrogens (primary N) is 1. The second-order valence-corrected chi connectivity index (χ2v) is 9.37. The summed E-state index contributed by atoms with van der Waals surface area (Å²) in [5.74, 6) is -3.30. The molecule has 0 atom stereocenters. The van der Waals surface area contributed by atoms with Crippen LogP contribution in [0.4, 0.5) is 30.9 Å². The number of carbonyl (C=O) groups is 2. The van der Waals surface area contributed by atoms with E-state index >= 15 is 0 Å². The Morgan fingerprint density at radius 1 is 1.31 bits per heavy atom. The molecule has 35 heavy (non-hydrogen) atoms. The van der Waals surface area contributed by atoms with Gasteiger partial charge < -0.3 is 20.4 Å². The zero-order chi connectivity index (χ0) is 25.7. The Bertz CT molecular complexity index is 1370. The molecule has 0 aromatic carbocycles. The zero-order valence-corrected chi connectivity index (χ0v) is 19.6. The van der Waals surface area contributed by atoms with Crippen LogP contribution in [0.1, 0.15) is 50.0 Å². The van der Waals surface area contributed by atoms with E-state index in [4.69, 9.17) is 10.5 Å². The van der Waals surface area contributed by atoms with Crippen LogP contribution in [0.3, 0.4) is 0 Å². The average Bonchev–Trinajstić information content (AvgIpc) is 3.15. The first-order valence-electron chi connectivity index (χ1n) is 10.8. The van der Waals surface area contributed by atoms with E-state index in [1.165, 1.54) is 45.6 Å². The second-order valence-electron chi connectivity index (χ2n) is 9.37. The lowest BCUT2D eigenvalue weighted by atomic mass is 9.88. The summed E-state index contributed by atoms with van der Waals surface area (Å²) in [6, 6.07) is 3.85. The Labute approximate surface area is 198 Å². The molecule has 3 aromatic rings. The molecule has 0 saturated heterocycles. The molecule has 0 spiro atoms. The summed E-state index contributed by atoms with van der Waals surface area (Å²) in [5, 5.41) is 6.98. The summed E-state index contributed by atoms with van der Waals surface area (Å²) in [5.41, 5.74) is 4.28. The number of hydrogen-bond acceptors (Lipinski definition) is 7. The highest BCUT2D eigenvalue weighted by molar-refractivity contribution is 5.99. The van der Waals surface area contributed by atoms with Gasteiger partial charge in [0.15, 0.2) is 5.65 Å². The number of fused-ring (bicyclic) bond motifs is 1. The molecule has 4 rings (SSSR count). The number of pyridine rings is 1. The van der Waals surface area contributed by atoms with Crippen molar-refractivity contribution >= 4 is 35.0 Å². The molecule has 0 radical (unpaired) electrons. The first-order valence-corrected chi connectivity index (χ1v) is 10.8. The summed E-state index contributed by atoms with van der Waals surface area (Å²) in [4.78, 5) is 43.1. The fraction of sp³-hybridized carbons (Fsp3) is 0.409. The van der Waals surface area contributed by atoms with Crippen LogP contribution in [-0.4, -0.2) is 49.7 Å². The van der Waals surface area contributed by atoms with E-state index in [0.717, 1.165) is 0 Å².